The van der Waals surface area contributed by atoms with E-state index in [0.717, 1.165) is 32.0 Å². The molecule has 1 amide bonds. The molecule has 0 bridgehead atoms. The number of hydrogen-bond donors (Lipinski definition) is 2. The number of likely N-dealkylation sites (tertiary alicyclic amines) is 1. The lowest BCUT2D eigenvalue weighted by Gasteiger charge is -2.31. The van der Waals surface area contributed by atoms with Gasteiger partial charge >= 0.3 is 0 Å². The predicted octanol–water partition coefficient (Wildman–Crippen LogP) is 3.11. The second kappa shape index (κ2) is 9.82. The number of aliphatic imine (C=N–C) groups is 1. The summed E-state index contributed by atoms with van der Waals surface area (Å²) in [7, 11) is 1.87. The van der Waals surface area contributed by atoms with Crippen LogP contribution in [-0.2, 0) is 4.79 Å². The van der Waals surface area contributed by atoms with Crippen LogP contribution in [0.4, 0.5) is 0 Å². The third kappa shape index (κ3) is 6.04. The summed E-state index contributed by atoms with van der Waals surface area (Å²) in [6.07, 6.45) is 3.92. The van der Waals surface area contributed by atoms with Gasteiger partial charge in [-0.05, 0) is 38.3 Å². The van der Waals surface area contributed by atoms with Gasteiger partial charge in [-0.1, -0.05) is 18.2 Å². The SMILES string of the molecule is CCNC(=NCC1(Sc2ccccc2)CC1)NC1CCC(=O)N(C)C1.I. The quantitative estimate of drug-likeness (QED) is 0.367. The van der Waals surface area contributed by atoms with Crippen molar-refractivity contribution in [2.45, 2.75) is 48.3 Å². The fraction of sp³-hybridized carbons (Fsp3) is 0.579. The second-order valence-corrected chi connectivity index (χ2v) is 8.49. The normalized spacial score (nSPS) is 21.8. The van der Waals surface area contributed by atoms with Crippen LogP contribution in [0.5, 0.6) is 0 Å². The summed E-state index contributed by atoms with van der Waals surface area (Å²) in [6.45, 7) is 4.49. The zero-order valence-electron chi connectivity index (χ0n) is 15.5. The van der Waals surface area contributed by atoms with Crippen LogP contribution in [0.15, 0.2) is 40.2 Å². The first kappa shape index (κ1) is 21.3. The Labute approximate surface area is 177 Å². The Kier molecular flexibility index (Phi) is 8.06. The van der Waals surface area contributed by atoms with Crippen molar-refractivity contribution in [3.8, 4) is 0 Å². The van der Waals surface area contributed by atoms with Crippen LogP contribution in [0.1, 0.15) is 32.6 Å². The second-order valence-electron chi connectivity index (χ2n) is 6.95. The standard InChI is InChI=1S/C19H28N4OS.HI/c1-3-20-18(22-15-9-10-17(24)23(2)13-15)21-14-19(11-12-19)25-16-7-5-4-6-8-16;/h4-8,15H,3,9-14H2,1-2H3,(H2,20,21,22);1H. The van der Waals surface area contributed by atoms with Gasteiger partial charge < -0.3 is 15.5 Å². The van der Waals surface area contributed by atoms with Gasteiger partial charge in [0.1, 0.15) is 0 Å². The molecule has 0 aromatic heterocycles. The third-order valence-electron chi connectivity index (χ3n) is 4.72. The molecule has 1 saturated carbocycles. The maximum absolute atomic E-state index is 11.6. The molecule has 1 aromatic carbocycles. The fourth-order valence-electron chi connectivity index (χ4n) is 3.04. The van der Waals surface area contributed by atoms with Crippen LogP contribution in [0.3, 0.4) is 0 Å². The van der Waals surface area contributed by atoms with Gasteiger partial charge in [-0.25, -0.2) is 0 Å². The lowest BCUT2D eigenvalue weighted by atomic mass is 10.1. The van der Waals surface area contributed by atoms with Gasteiger partial charge in [-0.15, -0.1) is 35.7 Å². The number of rotatable bonds is 6. The van der Waals surface area contributed by atoms with Crippen LogP contribution in [0, 0.1) is 0 Å². The molecule has 26 heavy (non-hydrogen) atoms. The van der Waals surface area contributed by atoms with Crippen molar-refractivity contribution in [1.29, 1.82) is 0 Å². The molecule has 3 rings (SSSR count). The number of thioether (sulfide) groups is 1. The Morgan fingerprint density at radius 3 is 2.69 bits per heavy atom. The molecule has 2 aliphatic rings. The topological polar surface area (TPSA) is 56.7 Å². The Morgan fingerprint density at radius 1 is 1.35 bits per heavy atom. The minimum atomic E-state index is 0. The van der Waals surface area contributed by atoms with Gasteiger partial charge in [0, 0.05) is 42.2 Å². The van der Waals surface area contributed by atoms with Crippen molar-refractivity contribution in [3.05, 3.63) is 30.3 Å². The average Bonchev–Trinajstić information content (AvgIpc) is 3.37. The summed E-state index contributed by atoms with van der Waals surface area (Å²) >= 11 is 1.95. The van der Waals surface area contributed by atoms with Crippen molar-refractivity contribution in [2.75, 3.05) is 26.7 Å². The molecule has 0 spiro atoms. The molecular formula is C19H29IN4OS. The highest BCUT2D eigenvalue weighted by molar-refractivity contribution is 14.0. The van der Waals surface area contributed by atoms with Crippen LogP contribution in [0.2, 0.25) is 0 Å². The first-order valence-electron chi connectivity index (χ1n) is 9.13. The van der Waals surface area contributed by atoms with Crippen molar-refractivity contribution in [1.82, 2.24) is 15.5 Å². The zero-order valence-corrected chi connectivity index (χ0v) is 18.7. The summed E-state index contributed by atoms with van der Waals surface area (Å²) in [5, 5.41) is 6.85. The largest absolute Gasteiger partial charge is 0.357 e. The number of guanidine groups is 1. The Hall–Kier alpha value is -0.960. The Morgan fingerprint density at radius 2 is 2.08 bits per heavy atom. The van der Waals surface area contributed by atoms with Gasteiger partial charge in [-0.3, -0.25) is 9.79 Å². The molecule has 1 aromatic rings. The van der Waals surface area contributed by atoms with E-state index in [0.29, 0.717) is 6.42 Å². The lowest BCUT2D eigenvalue weighted by Crippen LogP contribution is -2.51. The first-order valence-corrected chi connectivity index (χ1v) is 9.95. The first-order chi connectivity index (χ1) is 12.1. The average molecular weight is 488 g/mol. The number of hydrogen-bond acceptors (Lipinski definition) is 3. The summed E-state index contributed by atoms with van der Waals surface area (Å²) in [4.78, 5) is 19.6. The molecule has 5 nitrogen and oxygen atoms in total. The van der Waals surface area contributed by atoms with E-state index in [1.807, 2.05) is 18.8 Å². The minimum absolute atomic E-state index is 0. The highest BCUT2D eigenvalue weighted by Gasteiger charge is 2.43. The number of halogens is 1. The summed E-state index contributed by atoms with van der Waals surface area (Å²) < 4.78 is 0.253. The summed E-state index contributed by atoms with van der Waals surface area (Å²) in [5.74, 6) is 1.10. The highest BCUT2D eigenvalue weighted by Crippen LogP contribution is 2.51. The molecule has 1 unspecified atom stereocenters. The number of piperidine rings is 1. The minimum Gasteiger partial charge on any atom is -0.357 e. The number of nitrogens with zero attached hydrogens (tertiary/aromatic N) is 2. The van der Waals surface area contributed by atoms with Crippen molar-refractivity contribution >= 4 is 47.6 Å². The molecule has 7 heteroatoms. The Balaban J connectivity index is 0.00000243. The van der Waals surface area contributed by atoms with Crippen molar-refractivity contribution in [2.24, 2.45) is 4.99 Å². The Bertz CT molecular complexity index is 621. The number of carbonyl (C=O) groups excluding carboxylic acids is 1. The van der Waals surface area contributed by atoms with E-state index in [2.05, 4.69) is 47.9 Å². The van der Waals surface area contributed by atoms with Crippen LogP contribution in [0.25, 0.3) is 0 Å². The molecule has 1 heterocycles. The number of nitrogens with one attached hydrogen (secondary N) is 2. The third-order valence-corrected chi connectivity index (χ3v) is 6.20. The van der Waals surface area contributed by atoms with E-state index in [4.69, 9.17) is 4.99 Å². The highest BCUT2D eigenvalue weighted by atomic mass is 127. The maximum atomic E-state index is 11.6. The van der Waals surface area contributed by atoms with Crippen molar-refractivity contribution < 1.29 is 4.79 Å². The molecule has 1 aliphatic carbocycles. The van der Waals surface area contributed by atoms with Gasteiger partial charge in [0.05, 0.1) is 6.54 Å². The smallest absolute Gasteiger partial charge is 0.222 e. The monoisotopic (exact) mass is 488 g/mol. The van der Waals surface area contributed by atoms with Gasteiger partial charge in [0.2, 0.25) is 5.91 Å². The molecule has 1 atom stereocenters. The van der Waals surface area contributed by atoms with Gasteiger partial charge in [0.25, 0.3) is 0 Å². The predicted molar refractivity (Wildman–Crippen MR) is 119 cm³/mol. The number of amides is 1. The fourth-order valence-corrected chi connectivity index (χ4v) is 4.27. The molecule has 0 radical (unpaired) electrons. The van der Waals surface area contributed by atoms with E-state index in [9.17, 15) is 4.79 Å². The zero-order chi connectivity index (χ0) is 17.7. The summed E-state index contributed by atoms with van der Waals surface area (Å²) in [5.41, 5.74) is 0. The molecular weight excluding hydrogens is 459 g/mol. The molecule has 1 aliphatic heterocycles. The molecule has 2 N–H and O–H groups in total. The van der Waals surface area contributed by atoms with E-state index >= 15 is 0 Å². The van der Waals surface area contributed by atoms with Crippen LogP contribution >= 0.6 is 35.7 Å². The van der Waals surface area contributed by atoms with Gasteiger partial charge in [-0.2, -0.15) is 0 Å². The van der Waals surface area contributed by atoms with Gasteiger partial charge in [0.15, 0.2) is 5.96 Å². The lowest BCUT2D eigenvalue weighted by molar-refractivity contribution is -0.132. The molecule has 144 valence electrons. The molecule has 1 saturated heterocycles. The number of carbonyl (C=O) groups is 1. The van der Waals surface area contributed by atoms with Crippen molar-refractivity contribution in [3.63, 3.8) is 0 Å². The number of likely N-dealkylation sites (N-methyl/N-ethyl adjacent to an activating group) is 1. The molecule has 2 fully saturated rings. The maximum Gasteiger partial charge on any atom is 0.222 e. The van der Waals surface area contributed by atoms with E-state index in [1.165, 1.54) is 17.7 Å². The van der Waals surface area contributed by atoms with E-state index < -0.39 is 0 Å². The number of benzene rings is 1. The van der Waals surface area contributed by atoms with Crippen LogP contribution in [-0.4, -0.2) is 54.2 Å². The van der Waals surface area contributed by atoms with Crippen LogP contribution < -0.4 is 10.6 Å². The summed E-state index contributed by atoms with van der Waals surface area (Å²) in [6, 6.07) is 10.9. The van der Waals surface area contributed by atoms with E-state index in [-0.39, 0.29) is 40.7 Å². The van der Waals surface area contributed by atoms with E-state index in [1.54, 1.807) is 4.90 Å².